The fourth-order valence-corrected chi connectivity index (χ4v) is 2.80. The zero-order chi connectivity index (χ0) is 13.0. The fourth-order valence-electron chi connectivity index (χ4n) is 2.80. The van der Waals surface area contributed by atoms with Gasteiger partial charge < -0.3 is 5.32 Å². The molecule has 18 heavy (non-hydrogen) atoms. The second kappa shape index (κ2) is 6.34. The summed E-state index contributed by atoms with van der Waals surface area (Å²) < 4.78 is 2.02. The second-order valence-electron chi connectivity index (χ2n) is 5.43. The molecule has 4 heteroatoms. The molecule has 0 amide bonds. The first-order chi connectivity index (χ1) is 8.69. The van der Waals surface area contributed by atoms with Gasteiger partial charge in [0.05, 0.1) is 11.4 Å². The highest BCUT2D eigenvalue weighted by molar-refractivity contribution is 5.08. The molecular formula is C14H26N4. The van der Waals surface area contributed by atoms with Crippen LogP contribution in [0.2, 0.25) is 0 Å². The van der Waals surface area contributed by atoms with E-state index in [0.717, 1.165) is 25.3 Å². The molecule has 1 aliphatic heterocycles. The summed E-state index contributed by atoms with van der Waals surface area (Å²) in [7, 11) is 2.04. The molecule has 1 fully saturated rings. The predicted octanol–water partition coefficient (Wildman–Crippen LogP) is 1.69. The third-order valence-electron chi connectivity index (χ3n) is 3.68. The first kappa shape index (κ1) is 13.6. The van der Waals surface area contributed by atoms with Gasteiger partial charge in [-0.1, -0.05) is 13.3 Å². The van der Waals surface area contributed by atoms with E-state index in [2.05, 4.69) is 35.2 Å². The van der Waals surface area contributed by atoms with Crippen LogP contribution < -0.4 is 5.32 Å². The zero-order valence-corrected chi connectivity index (χ0v) is 11.9. The van der Waals surface area contributed by atoms with Crippen molar-refractivity contribution in [1.82, 2.24) is 20.0 Å². The van der Waals surface area contributed by atoms with Crippen LogP contribution in [-0.4, -0.2) is 40.4 Å². The van der Waals surface area contributed by atoms with Crippen molar-refractivity contribution in [3.63, 3.8) is 0 Å². The standard InChI is InChI=1S/C14H26N4/c1-4-6-13-10-18(8-5-7-15-13)11-14-9-12(2)16-17(14)3/h9,13,15H,4-8,10-11H2,1-3H3. The van der Waals surface area contributed by atoms with Crippen molar-refractivity contribution in [3.8, 4) is 0 Å². The molecular weight excluding hydrogens is 224 g/mol. The Hall–Kier alpha value is -0.870. The lowest BCUT2D eigenvalue weighted by molar-refractivity contribution is 0.248. The van der Waals surface area contributed by atoms with Gasteiger partial charge in [0.15, 0.2) is 0 Å². The number of aryl methyl sites for hydroxylation is 2. The average Bonchev–Trinajstić information content (AvgIpc) is 2.52. The molecule has 1 unspecified atom stereocenters. The molecule has 0 radical (unpaired) electrons. The van der Waals surface area contributed by atoms with E-state index in [4.69, 9.17) is 0 Å². The maximum Gasteiger partial charge on any atom is 0.0597 e. The van der Waals surface area contributed by atoms with Gasteiger partial charge in [-0.3, -0.25) is 9.58 Å². The Labute approximate surface area is 110 Å². The number of rotatable bonds is 4. The maximum absolute atomic E-state index is 4.43. The van der Waals surface area contributed by atoms with Gasteiger partial charge in [-0.15, -0.1) is 0 Å². The molecule has 1 aliphatic rings. The SMILES string of the molecule is CCCC1CN(Cc2cc(C)nn2C)CCCN1. The lowest BCUT2D eigenvalue weighted by Gasteiger charge is -2.24. The van der Waals surface area contributed by atoms with E-state index >= 15 is 0 Å². The van der Waals surface area contributed by atoms with Gasteiger partial charge in [-0.05, 0) is 38.9 Å². The quantitative estimate of drug-likeness (QED) is 0.883. The monoisotopic (exact) mass is 250 g/mol. The third kappa shape index (κ3) is 3.56. The summed E-state index contributed by atoms with van der Waals surface area (Å²) in [6.07, 6.45) is 3.79. The summed E-state index contributed by atoms with van der Waals surface area (Å²) in [4.78, 5) is 2.57. The smallest absolute Gasteiger partial charge is 0.0597 e. The van der Waals surface area contributed by atoms with Crippen molar-refractivity contribution in [1.29, 1.82) is 0 Å². The van der Waals surface area contributed by atoms with Gasteiger partial charge in [0.1, 0.15) is 0 Å². The van der Waals surface area contributed by atoms with Crippen LogP contribution in [0.3, 0.4) is 0 Å². The predicted molar refractivity (Wildman–Crippen MR) is 74.5 cm³/mol. The summed E-state index contributed by atoms with van der Waals surface area (Å²) in [5, 5.41) is 8.08. The Balaban J connectivity index is 1.96. The van der Waals surface area contributed by atoms with Crippen molar-refractivity contribution in [2.45, 2.75) is 45.7 Å². The van der Waals surface area contributed by atoms with E-state index in [-0.39, 0.29) is 0 Å². The molecule has 1 aromatic rings. The van der Waals surface area contributed by atoms with Gasteiger partial charge >= 0.3 is 0 Å². The van der Waals surface area contributed by atoms with E-state index < -0.39 is 0 Å². The molecule has 2 rings (SSSR count). The lowest BCUT2D eigenvalue weighted by Crippen LogP contribution is -2.37. The number of aromatic nitrogens is 2. The first-order valence-electron chi connectivity index (χ1n) is 7.14. The summed E-state index contributed by atoms with van der Waals surface area (Å²) in [5.74, 6) is 0. The van der Waals surface area contributed by atoms with Crippen LogP contribution in [0, 0.1) is 6.92 Å². The second-order valence-corrected chi connectivity index (χ2v) is 5.43. The molecule has 0 saturated carbocycles. The number of hydrogen-bond donors (Lipinski definition) is 1. The topological polar surface area (TPSA) is 33.1 Å². The van der Waals surface area contributed by atoms with Gasteiger partial charge in [0.25, 0.3) is 0 Å². The van der Waals surface area contributed by atoms with Crippen molar-refractivity contribution >= 4 is 0 Å². The molecule has 102 valence electrons. The van der Waals surface area contributed by atoms with E-state index in [1.54, 1.807) is 0 Å². The zero-order valence-electron chi connectivity index (χ0n) is 11.9. The molecule has 0 aliphatic carbocycles. The van der Waals surface area contributed by atoms with Gasteiger partial charge in [-0.25, -0.2) is 0 Å². The van der Waals surface area contributed by atoms with Crippen LogP contribution in [0.15, 0.2) is 6.07 Å². The van der Waals surface area contributed by atoms with Crippen LogP contribution in [-0.2, 0) is 13.6 Å². The molecule has 2 heterocycles. The summed E-state index contributed by atoms with van der Waals surface area (Å²) >= 11 is 0. The van der Waals surface area contributed by atoms with Crippen LogP contribution in [0.1, 0.15) is 37.6 Å². The Morgan fingerprint density at radius 1 is 1.50 bits per heavy atom. The van der Waals surface area contributed by atoms with Crippen molar-refractivity contribution in [2.75, 3.05) is 19.6 Å². The lowest BCUT2D eigenvalue weighted by atomic mass is 10.1. The normalized spacial score (nSPS) is 22.1. The Bertz CT molecular complexity index is 372. The minimum atomic E-state index is 0.659. The summed E-state index contributed by atoms with van der Waals surface area (Å²) in [6.45, 7) is 8.87. The van der Waals surface area contributed by atoms with Crippen molar-refractivity contribution < 1.29 is 0 Å². The van der Waals surface area contributed by atoms with E-state index in [0.29, 0.717) is 6.04 Å². The van der Waals surface area contributed by atoms with Crippen LogP contribution >= 0.6 is 0 Å². The number of nitrogens with one attached hydrogen (secondary N) is 1. The minimum Gasteiger partial charge on any atom is -0.313 e. The third-order valence-corrected chi connectivity index (χ3v) is 3.68. The summed E-state index contributed by atoms with van der Waals surface area (Å²) in [5.41, 5.74) is 2.44. The molecule has 0 spiro atoms. The molecule has 1 aromatic heterocycles. The molecule has 1 N–H and O–H groups in total. The fraction of sp³-hybridized carbons (Fsp3) is 0.786. The minimum absolute atomic E-state index is 0.659. The van der Waals surface area contributed by atoms with E-state index in [1.165, 1.54) is 31.5 Å². The van der Waals surface area contributed by atoms with Gasteiger partial charge in [0, 0.05) is 26.2 Å². The van der Waals surface area contributed by atoms with Crippen molar-refractivity contribution in [3.05, 3.63) is 17.5 Å². The Morgan fingerprint density at radius 2 is 2.33 bits per heavy atom. The largest absolute Gasteiger partial charge is 0.313 e. The molecule has 0 aromatic carbocycles. The average molecular weight is 250 g/mol. The highest BCUT2D eigenvalue weighted by atomic mass is 15.3. The van der Waals surface area contributed by atoms with Crippen LogP contribution in [0.4, 0.5) is 0 Å². The van der Waals surface area contributed by atoms with E-state index in [9.17, 15) is 0 Å². The molecule has 1 atom stereocenters. The molecule has 0 bridgehead atoms. The maximum atomic E-state index is 4.43. The molecule has 4 nitrogen and oxygen atoms in total. The highest BCUT2D eigenvalue weighted by Crippen LogP contribution is 2.11. The van der Waals surface area contributed by atoms with Gasteiger partial charge in [0.2, 0.25) is 0 Å². The first-order valence-corrected chi connectivity index (χ1v) is 7.14. The number of nitrogens with zero attached hydrogens (tertiary/aromatic N) is 3. The Kier molecular flexibility index (Phi) is 4.78. The highest BCUT2D eigenvalue weighted by Gasteiger charge is 2.18. The van der Waals surface area contributed by atoms with Crippen LogP contribution in [0.25, 0.3) is 0 Å². The summed E-state index contributed by atoms with van der Waals surface area (Å²) in [6, 6.07) is 2.86. The van der Waals surface area contributed by atoms with Crippen molar-refractivity contribution in [2.24, 2.45) is 7.05 Å². The van der Waals surface area contributed by atoms with Gasteiger partial charge in [-0.2, -0.15) is 5.10 Å². The number of hydrogen-bond acceptors (Lipinski definition) is 3. The molecule has 1 saturated heterocycles. The van der Waals surface area contributed by atoms with Crippen LogP contribution in [0.5, 0.6) is 0 Å². The van der Waals surface area contributed by atoms with E-state index in [1.807, 2.05) is 11.7 Å². The Morgan fingerprint density at radius 3 is 3.00 bits per heavy atom.